The molecule has 3 aromatic heterocycles. The maximum absolute atomic E-state index is 13.2. The topological polar surface area (TPSA) is 90.7 Å². The Labute approximate surface area is 181 Å². The molecule has 1 saturated heterocycles. The number of pyridine rings is 1. The third-order valence-electron chi connectivity index (χ3n) is 5.99. The number of piperazine rings is 1. The molecule has 1 fully saturated rings. The van der Waals surface area contributed by atoms with Crippen molar-refractivity contribution in [2.45, 2.75) is 46.2 Å². The van der Waals surface area contributed by atoms with E-state index in [1.54, 1.807) is 4.90 Å². The van der Waals surface area contributed by atoms with E-state index in [0.717, 1.165) is 42.3 Å². The van der Waals surface area contributed by atoms with Gasteiger partial charge in [0.05, 0.1) is 17.1 Å². The number of nitrogens with one attached hydrogen (secondary N) is 2. The molecule has 2 aliphatic rings. The molecule has 2 N–H and O–H groups in total. The van der Waals surface area contributed by atoms with Crippen molar-refractivity contribution in [3.63, 3.8) is 0 Å². The lowest BCUT2D eigenvalue weighted by Crippen LogP contribution is -2.54. The molecule has 9 heteroatoms. The molecular formula is C22H28N8O. The lowest BCUT2D eigenvalue weighted by molar-refractivity contribution is 0.257. The number of imidazole rings is 1. The Kier molecular flexibility index (Phi) is 4.77. The van der Waals surface area contributed by atoms with Crippen LogP contribution in [0, 0.1) is 13.8 Å². The van der Waals surface area contributed by atoms with Gasteiger partial charge in [-0.1, -0.05) is 0 Å². The van der Waals surface area contributed by atoms with Crippen LogP contribution in [0.5, 0.6) is 0 Å². The van der Waals surface area contributed by atoms with Crippen molar-refractivity contribution in [2.24, 2.45) is 0 Å². The number of anilines is 3. The molecule has 0 saturated carbocycles. The van der Waals surface area contributed by atoms with Gasteiger partial charge in [0, 0.05) is 61.6 Å². The highest BCUT2D eigenvalue weighted by molar-refractivity contribution is 6.03. The zero-order chi connectivity index (χ0) is 21.7. The van der Waals surface area contributed by atoms with Gasteiger partial charge < -0.3 is 15.5 Å². The van der Waals surface area contributed by atoms with E-state index in [1.807, 2.05) is 36.8 Å². The molecule has 0 aliphatic carbocycles. The number of urea groups is 1. The van der Waals surface area contributed by atoms with Gasteiger partial charge in [0.15, 0.2) is 0 Å². The van der Waals surface area contributed by atoms with Crippen LogP contribution < -0.4 is 20.4 Å². The van der Waals surface area contributed by atoms with E-state index in [1.165, 1.54) is 5.69 Å². The largest absolute Gasteiger partial charge is 0.368 e. The minimum atomic E-state index is -0.188. The van der Waals surface area contributed by atoms with E-state index < -0.39 is 0 Å². The van der Waals surface area contributed by atoms with Crippen molar-refractivity contribution in [3.05, 3.63) is 41.6 Å². The summed E-state index contributed by atoms with van der Waals surface area (Å²) >= 11 is 0. The fourth-order valence-electron chi connectivity index (χ4n) is 4.72. The fraction of sp³-hybridized carbons (Fsp3) is 0.455. The van der Waals surface area contributed by atoms with Crippen LogP contribution in [0.2, 0.25) is 0 Å². The van der Waals surface area contributed by atoms with Gasteiger partial charge in [0.25, 0.3) is 0 Å². The number of amides is 2. The number of aryl methyl sites for hydroxylation is 2. The van der Waals surface area contributed by atoms with Crippen molar-refractivity contribution >= 4 is 29.0 Å². The third-order valence-corrected chi connectivity index (χ3v) is 5.99. The van der Waals surface area contributed by atoms with Crippen molar-refractivity contribution in [3.8, 4) is 0 Å². The van der Waals surface area contributed by atoms with Gasteiger partial charge in [-0.25, -0.2) is 19.7 Å². The first kappa shape index (κ1) is 19.7. The molecule has 2 aliphatic heterocycles. The smallest absolute Gasteiger partial charge is 0.327 e. The minimum absolute atomic E-state index is 0.188. The number of fused-ring (bicyclic) bond motifs is 2. The van der Waals surface area contributed by atoms with E-state index >= 15 is 0 Å². The summed E-state index contributed by atoms with van der Waals surface area (Å²) < 4.78 is 1.83. The van der Waals surface area contributed by atoms with Crippen LogP contribution >= 0.6 is 0 Å². The van der Waals surface area contributed by atoms with Gasteiger partial charge in [0.2, 0.25) is 5.78 Å². The number of nitrogens with zero attached hydrogens (tertiary/aromatic N) is 6. The van der Waals surface area contributed by atoms with E-state index in [-0.39, 0.29) is 6.03 Å². The zero-order valence-corrected chi connectivity index (χ0v) is 18.4. The minimum Gasteiger partial charge on any atom is -0.368 e. The molecule has 2 amide bonds. The second-order valence-corrected chi connectivity index (χ2v) is 8.67. The Morgan fingerprint density at radius 1 is 1.16 bits per heavy atom. The summed E-state index contributed by atoms with van der Waals surface area (Å²) in [6.07, 6.45) is 6.37. The van der Waals surface area contributed by atoms with Gasteiger partial charge in [-0.2, -0.15) is 0 Å². The van der Waals surface area contributed by atoms with Crippen LogP contribution in [-0.4, -0.2) is 57.1 Å². The SMILES string of the molecule is Cc1cn2cc(NC(=O)N3CCc4c(N5C[C@@H](C)N[C@@H](C)C5)ccnc43)c(C)nc2n1. The Bertz CT molecular complexity index is 1150. The second kappa shape index (κ2) is 7.49. The highest BCUT2D eigenvalue weighted by Gasteiger charge is 2.31. The van der Waals surface area contributed by atoms with E-state index in [4.69, 9.17) is 0 Å². The highest BCUT2D eigenvalue weighted by Crippen LogP contribution is 2.35. The predicted molar refractivity (Wildman–Crippen MR) is 121 cm³/mol. The molecule has 0 unspecified atom stereocenters. The Morgan fingerprint density at radius 3 is 2.71 bits per heavy atom. The molecule has 162 valence electrons. The van der Waals surface area contributed by atoms with Crippen LogP contribution in [-0.2, 0) is 6.42 Å². The average molecular weight is 421 g/mol. The Hall–Kier alpha value is -3.20. The molecule has 0 radical (unpaired) electrons. The fourth-order valence-corrected chi connectivity index (χ4v) is 4.72. The molecule has 5 heterocycles. The van der Waals surface area contributed by atoms with Gasteiger partial charge in [0.1, 0.15) is 5.82 Å². The summed E-state index contributed by atoms with van der Waals surface area (Å²) in [7, 11) is 0. The van der Waals surface area contributed by atoms with Crippen LogP contribution in [0.4, 0.5) is 22.0 Å². The summed E-state index contributed by atoms with van der Waals surface area (Å²) in [4.78, 5) is 30.7. The summed E-state index contributed by atoms with van der Waals surface area (Å²) in [5.41, 5.74) is 4.63. The monoisotopic (exact) mass is 420 g/mol. The normalized spacial score (nSPS) is 20.9. The first-order valence-corrected chi connectivity index (χ1v) is 10.8. The summed E-state index contributed by atoms with van der Waals surface area (Å²) in [5.74, 6) is 1.38. The van der Waals surface area contributed by atoms with Crippen LogP contribution in [0.15, 0.2) is 24.7 Å². The molecular weight excluding hydrogens is 392 g/mol. The summed E-state index contributed by atoms with van der Waals surface area (Å²) in [5, 5.41) is 6.60. The summed E-state index contributed by atoms with van der Waals surface area (Å²) in [6, 6.07) is 2.73. The van der Waals surface area contributed by atoms with E-state index in [9.17, 15) is 4.79 Å². The van der Waals surface area contributed by atoms with Crippen molar-refractivity contribution < 1.29 is 4.79 Å². The number of carbonyl (C=O) groups excluding carboxylic acids is 1. The van der Waals surface area contributed by atoms with Gasteiger partial charge in [-0.15, -0.1) is 0 Å². The molecule has 2 atom stereocenters. The van der Waals surface area contributed by atoms with E-state index in [2.05, 4.69) is 50.4 Å². The zero-order valence-electron chi connectivity index (χ0n) is 18.4. The Balaban J connectivity index is 1.40. The van der Waals surface area contributed by atoms with Gasteiger partial charge in [-0.05, 0) is 40.2 Å². The van der Waals surface area contributed by atoms with Crippen molar-refractivity contribution in [1.82, 2.24) is 24.7 Å². The van der Waals surface area contributed by atoms with Crippen LogP contribution in [0.3, 0.4) is 0 Å². The molecule has 3 aromatic rings. The number of carbonyl (C=O) groups is 1. The van der Waals surface area contributed by atoms with Crippen LogP contribution in [0.1, 0.15) is 30.8 Å². The number of hydrogen-bond donors (Lipinski definition) is 2. The van der Waals surface area contributed by atoms with E-state index in [0.29, 0.717) is 30.1 Å². The maximum Gasteiger partial charge on any atom is 0.327 e. The second-order valence-electron chi connectivity index (χ2n) is 8.67. The molecule has 9 nitrogen and oxygen atoms in total. The van der Waals surface area contributed by atoms with Crippen LogP contribution in [0.25, 0.3) is 5.78 Å². The highest BCUT2D eigenvalue weighted by atomic mass is 16.2. The average Bonchev–Trinajstić information content (AvgIpc) is 3.29. The van der Waals surface area contributed by atoms with Gasteiger partial charge >= 0.3 is 6.03 Å². The predicted octanol–water partition coefficient (Wildman–Crippen LogP) is 2.52. The van der Waals surface area contributed by atoms with Crippen molar-refractivity contribution in [2.75, 3.05) is 34.8 Å². The third kappa shape index (κ3) is 3.59. The molecule has 0 bridgehead atoms. The standard InChI is InChI=1S/C22H28N8O/c1-13-9-28(10-14(2)24-13)19-5-7-23-20-17(19)6-8-30(20)22(31)27-18-12-29-11-15(3)25-21(29)26-16(18)4/h5,7,11-14,24H,6,8-10H2,1-4H3,(H,27,31)/t13-,14+. The number of hydrogen-bond acceptors (Lipinski definition) is 6. The number of rotatable bonds is 2. The molecule has 5 rings (SSSR count). The molecule has 0 spiro atoms. The quantitative estimate of drug-likeness (QED) is 0.662. The van der Waals surface area contributed by atoms with Gasteiger partial charge in [-0.3, -0.25) is 9.30 Å². The van der Waals surface area contributed by atoms with Crippen molar-refractivity contribution in [1.29, 1.82) is 0 Å². The Morgan fingerprint density at radius 2 is 1.94 bits per heavy atom. The lowest BCUT2D eigenvalue weighted by atomic mass is 10.1. The number of aromatic nitrogens is 4. The lowest BCUT2D eigenvalue weighted by Gasteiger charge is -2.38. The molecule has 0 aromatic carbocycles. The molecule has 31 heavy (non-hydrogen) atoms. The first-order chi connectivity index (χ1) is 14.9. The first-order valence-electron chi connectivity index (χ1n) is 10.8. The summed E-state index contributed by atoms with van der Waals surface area (Å²) in [6.45, 7) is 10.7. The maximum atomic E-state index is 13.2.